The van der Waals surface area contributed by atoms with Crippen molar-refractivity contribution in [1.29, 1.82) is 5.26 Å². The van der Waals surface area contributed by atoms with Crippen LogP contribution >= 0.6 is 0 Å². The number of nitrogens with zero attached hydrogens (tertiary/aromatic N) is 1. The quantitative estimate of drug-likeness (QED) is 0.665. The van der Waals surface area contributed by atoms with Gasteiger partial charge in [-0.2, -0.15) is 5.26 Å². The first-order chi connectivity index (χ1) is 7.37. The van der Waals surface area contributed by atoms with Crippen molar-refractivity contribution in [2.45, 2.75) is 46.1 Å². The summed E-state index contributed by atoms with van der Waals surface area (Å²) in [4.78, 5) is 0. The lowest BCUT2D eigenvalue weighted by molar-refractivity contribution is 0.419. The number of rotatable bonds is 8. The molecule has 3 nitrogen and oxygen atoms in total. The summed E-state index contributed by atoms with van der Waals surface area (Å²) in [5, 5.41) is 12.2. The third-order valence-corrected chi connectivity index (χ3v) is 3.48. The summed E-state index contributed by atoms with van der Waals surface area (Å²) in [6, 6.07) is 2.62. The SMILES string of the molecule is CC(CS(C)=O)NCCCCC(C)(C)C#N. The van der Waals surface area contributed by atoms with Crippen molar-refractivity contribution in [2.75, 3.05) is 18.6 Å². The van der Waals surface area contributed by atoms with E-state index in [1.165, 1.54) is 0 Å². The van der Waals surface area contributed by atoms with Crippen LogP contribution in [-0.2, 0) is 10.8 Å². The predicted octanol–water partition coefficient (Wildman–Crippen LogP) is 2.06. The van der Waals surface area contributed by atoms with Crippen LogP contribution in [0.5, 0.6) is 0 Å². The molecule has 2 unspecified atom stereocenters. The highest BCUT2D eigenvalue weighted by Crippen LogP contribution is 2.21. The molecule has 4 heteroatoms. The van der Waals surface area contributed by atoms with Gasteiger partial charge in [0.15, 0.2) is 0 Å². The highest BCUT2D eigenvalue weighted by molar-refractivity contribution is 7.84. The second-order valence-electron chi connectivity index (χ2n) is 5.05. The summed E-state index contributed by atoms with van der Waals surface area (Å²) in [6.07, 6.45) is 4.81. The molecule has 0 aliphatic carbocycles. The molecule has 1 N–H and O–H groups in total. The van der Waals surface area contributed by atoms with Crippen molar-refractivity contribution < 1.29 is 4.21 Å². The van der Waals surface area contributed by atoms with Crippen LogP contribution in [0.1, 0.15) is 40.0 Å². The van der Waals surface area contributed by atoms with E-state index in [1.54, 1.807) is 6.26 Å². The van der Waals surface area contributed by atoms with Gasteiger partial charge in [0.2, 0.25) is 0 Å². The lowest BCUT2D eigenvalue weighted by Gasteiger charge is -2.15. The van der Waals surface area contributed by atoms with E-state index in [0.29, 0.717) is 11.8 Å². The smallest absolute Gasteiger partial charge is 0.0683 e. The zero-order valence-corrected chi connectivity index (χ0v) is 11.7. The first-order valence-corrected chi connectivity index (χ1v) is 7.55. The Morgan fingerprint density at radius 2 is 2.06 bits per heavy atom. The summed E-state index contributed by atoms with van der Waals surface area (Å²) in [5.74, 6) is 0.712. The molecule has 0 rings (SSSR count). The summed E-state index contributed by atoms with van der Waals surface area (Å²) in [7, 11) is -0.724. The van der Waals surface area contributed by atoms with E-state index >= 15 is 0 Å². The minimum absolute atomic E-state index is 0.198. The molecule has 2 atom stereocenters. The monoisotopic (exact) mass is 244 g/mol. The largest absolute Gasteiger partial charge is 0.313 e. The molecule has 94 valence electrons. The molecule has 0 fully saturated rings. The molecule has 16 heavy (non-hydrogen) atoms. The minimum Gasteiger partial charge on any atom is -0.313 e. The van der Waals surface area contributed by atoms with Crippen LogP contribution in [0, 0.1) is 16.7 Å². The average Bonchev–Trinajstić information content (AvgIpc) is 2.16. The maximum Gasteiger partial charge on any atom is 0.0683 e. The van der Waals surface area contributed by atoms with Gasteiger partial charge in [-0.05, 0) is 40.2 Å². The van der Waals surface area contributed by atoms with Crippen molar-refractivity contribution in [3.8, 4) is 6.07 Å². The Balaban J connectivity index is 3.48. The van der Waals surface area contributed by atoms with Crippen LogP contribution in [0.2, 0.25) is 0 Å². The van der Waals surface area contributed by atoms with Crippen LogP contribution in [0.3, 0.4) is 0 Å². The Bertz CT molecular complexity index is 258. The van der Waals surface area contributed by atoms with Gasteiger partial charge < -0.3 is 5.32 Å². The van der Waals surface area contributed by atoms with E-state index in [2.05, 4.69) is 18.3 Å². The number of hydrogen-bond acceptors (Lipinski definition) is 3. The van der Waals surface area contributed by atoms with Crippen LogP contribution in [-0.4, -0.2) is 28.8 Å². The molecular formula is C12H24N2OS. The second-order valence-corrected chi connectivity index (χ2v) is 6.53. The lowest BCUT2D eigenvalue weighted by Crippen LogP contribution is -2.31. The van der Waals surface area contributed by atoms with E-state index in [-0.39, 0.29) is 5.41 Å². The number of nitriles is 1. The van der Waals surface area contributed by atoms with Crippen LogP contribution in [0.15, 0.2) is 0 Å². The molecule has 0 aromatic carbocycles. The summed E-state index contributed by atoms with van der Waals surface area (Å²) in [6.45, 7) is 6.95. The van der Waals surface area contributed by atoms with Gasteiger partial charge in [-0.1, -0.05) is 6.42 Å². The third kappa shape index (κ3) is 8.87. The zero-order valence-electron chi connectivity index (χ0n) is 10.9. The molecule has 0 aromatic rings. The Kier molecular flexibility index (Phi) is 7.61. The van der Waals surface area contributed by atoms with E-state index in [1.807, 2.05) is 13.8 Å². The Hall–Kier alpha value is -0.400. The summed E-state index contributed by atoms with van der Waals surface area (Å²) >= 11 is 0. The predicted molar refractivity (Wildman–Crippen MR) is 69.6 cm³/mol. The van der Waals surface area contributed by atoms with Crippen LogP contribution in [0.25, 0.3) is 0 Å². The number of hydrogen-bond donors (Lipinski definition) is 1. The van der Waals surface area contributed by atoms with Gasteiger partial charge in [0, 0.05) is 28.9 Å². The molecule has 0 saturated heterocycles. The van der Waals surface area contributed by atoms with Crippen molar-refractivity contribution in [2.24, 2.45) is 5.41 Å². The number of nitrogens with one attached hydrogen (secondary N) is 1. The van der Waals surface area contributed by atoms with E-state index < -0.39 is 10.8 Å². The summed E-state index contributed by atoms with van der Waals surface area (Å²) in [5.41, 5.74) is -0.198. The van der Waals surface area contributed by atoms with Gasteiger partial charge >= 0.3 is 0 Å². The first kappa shape index (κ1) is 15.6. The molecule has 0 bridgehead atoms. The maximum absolute atomic E-state index is 10.9. The molecule has 0 aromatic heterocycles. The van der Waals surface area contributed by atoms with Gasteiger partial charge in [-0.3, -0.25) is 4.21 Å². The average molecular weight is 244 g/mol. The highest BCUT2D eigenvalue weighted by Gasteiger charge is 2.15. The fraction of sp³-hybridized carbons (Fsp3) is 0.917. The molecule has 0 aliphatic heterocycles. The van der Waals surface area contributed by atoms with Gasteiger partial charge in [0.25, 0.3) is 0 Å². The standard InChI is InChI=1S/C12H24N2OS/c1-11(9-16(4)15)14-8-6-5-7-12(2,3)10-13/h11,14H,5-9H2,1-4H3. The van der Waals surface area contributed by atoms with Crippen molar-refractivity contribution in [1.82, 2.24) is 5.32 Å². The van der Waals surface area contributed by atoms with Gasteiger partial charge in [-0.25, -0.2) is 0 Å². The minimum atomic E-state index is -0.724. The molecule has 0 radical (unpaired) electrons. The second kappa shape index (κ2) is 7.81. The van der Waals surface area contributed by atoms with Crippen LogP contribution in [0.4, 0.5) is 0 Å². The van der Waals surface area contributed by atoms with E-state index in [0.717, 1.165) is 25.8 Å². The highest BCUT2D eigenvalue weighted by atomic mass is 32.2. The van der Waals surface area contributed by atoms with Gasteiger partial charge in [0.05, 0.1) is 11.5 Å². The Labute approximate surface area is 102 Å². The van der Waals surface area contributed by atoms with Crippen molar-refractivity contribution in [3.05, 3.63) is 0 Å². The molecule has 0 aliphatic rings. The maximum atomic E-state index is 10.9. The first-order valence-electron chi connectivity index (χ1n) is 5.82. The third-order valence-electron chi connectivity index (χ3n) is 2.51. The van der Waals surface area contributed by atoms with Gasteiger partial charge in [-0.15, -0.1) is 0 Å². The molecular weight excluding hydrogens is 220 g/mol. The van der Waals surface area contributed by atoms with E-state index in [4.69, 9.17) is 5.26 Å². The fourth-order valence-corrected chi connectivity index (χ4v) is 2.33. The zero-order chi connectivity index (χ0) is 12.6. The molecule has 0 spiro atoms. The van der Waals surface area contributed by atoms with Crippen molar-refractivity contribution in [3.63, 3.8) is 0 Å². The normalized spacial score (nSPS) is 15.4. The Morgan fingerprint density at radius 3 is 2.56 bits per heavy atom. The number of unbranched alkanes of at least 4 members (excludes halogenated alkanes) is 1. The summed E-state index contributed by atoms with van der Waals surface area (Å²) < 4.78 is 10.9. The molecule has 0 heterocycles. The fourth-order valence-electron chi connectivity index (χ4n) is 1.51. The lowest BCUT2D eigenvalue weighted by atomic mass is 9.89. The van der Waals surface area contributed by atoms with Crippen LogP contribution < -0.4 is 5.32 Å². The topological polar surface area (TPSA) is 52.9 Å². The van der Waals surface area contributed by atoms with Gasteiger partial charge in [0.1, 0.15) is 0 Å². The van der Waals surface area contributed by atoms with E-state index in [9.17, 15) is 4.21 Å². The molecule has 0 amide bonds. The van der Waals surface area contributed by atoms with Crippen molar-refractivity contribution >= 4 is 10.8 Å². The molecule has 0 saturated carbocycles. The Morgan fingerprint density at radius 1 is 1.44 bits per heavy atom.